The quantitative estimate of drug-likeness (QED) is 0.0739. The third-order valence-corrected chi connectivity index (χ3v) is 9.73. The van der Waals surface area contributed by atoms with Crippen LogP contribution in [0, 0.1) is 25.2 Å². The van der Waals surface area contributed by atoms with Gasteiger partial charge >= 0.3 is 12.6 Å². The van der Waals surface area contributed by atoms with E-state index < -0.39 is 25.1 Å². The second-order valence-corrected chi connectivity index (χ2v) is 13.8. The van der Waals surface area contributed by atoms with Gasteiger partial charge in [0.1, 0.15) is 42.4 Å². The van der Waals surface area contributed by atoms with Crippen LogP contribution in [-0.4, -0.2) is 59.4 Å². The van der Waals surface area contributed by atoms with Gasteiger partial charge in [0.2, 0.25) is 0 Å². The van der Waals surface area contributed by atoms with Gasteiger partial charge in [0.05, 0.1) is 35.2 Å². The highest BCUT2D eigenvalue weighted by atomic mass is 35.5. The lowest BCUT2D eigenvalue weighted by Gasteiger charge is -2.19. The van der Waals surface area contributed by atoms with Crippen molar-refractivity contribution < 1.29 is 38.0 Å². The number of nitrogens with zero attached hydrogens (tertiary/aromatic N) is 3. The number of aliphatic hydroxyl groups is 1. The maximum absolute atomic E-state index is 13.5. The summed E-state index contributed by atoms with van der Waals surface area (Å²) in [7, 11) is 0. The van der Waals surface area contributed by atoms with Gasteiger partial charge in [0, 0.05) is 49.2 Å². The highest BCUT2D eigenvalue weighted by molar-refractivity contribution is 6.32. The van der Waals surface area contributed by atoms with E-state index in [1.165, 1.54) is 6.20 Å². The summed E-state index contributed by atoms with van der Waals surface area (Å²) in [5.74, 6) is 0.256. The summed E-state index contributed by atoms with van der Waals surface area (Å²) in [5.41, 5.74) is 8.51. The molecular formula is C43H40ClF2N5O6. The number of carboxylic acid groups (broad SMARTS) is 1. The minimum absolute atomic E-state index is 0.0298. The fraction of sp³-hybridized carbons (Fsp3) is 0.256. The summed E-state index contributed by atoms with van der Waals surface area (Å²) in [6.07, 6.45) is 1.57. The summed E-state index contributed by atoms with van der Waals surface area (Å²) in [5, 5.41) is 34.8. The van der Waals surface area contributed by atoms with Crippen LogP contribution in [-0.2, 0) is 24.6 Å². The van der Waals surface area contributed by atoms with Crippen LogP contribution in [0.4, 0.5) is 8.78 Å². The molecule has 0 aliphatic carbocycles. The van der Waals surface area contributed by atoms with E-state index in [0.29, 0.717) is 57.7 Å². The molecule has 1 aliphatic heterocycles. The molecule has 1 aromatic heterocycles. The molecule has 0 bridgehead atoms. The molecule has 2 heterocycles. The molecule has 1 atom stereocenters. The van der Waals surface area contributed by atoms with Gasteiger partial charge in [-0.05, 0) is 77.1 Å². The number of hydrogen-bond acceptors (Lipinski definition) is 10. The average Bonchev–Trinajstić information content (AvgIpc) is 3.72. The SMILES string of the molecule is Cc1c(COc2cc(OCc3cncc(C#N)c3)c(CNC[C@@H](O)CC(=O)O)cc2Cl)cccc1-c1cccc(-c2ccc(C3=NCCN3)c(OC(F)F)c2)c1C. The van der Waals surface area contributed by atoms with Crippen LogP contribution in [0.15, 0.2) is 90.2 Å². The number of aliphatic carboxylic acids is 1. The van der Waals surface area contributed by atoms with E-state index in [9.17, 15) is 23.9 Å². The van der Waals surface area contributed by atoms with Crippen LogP contribution in [0.3, 0.4) is 0 Å². The first-order chi connectivity index (χ1) is 27.5. The van der Waals surface area contributed by atoms with E-state index in [1.54, 1.807) is 36.5 Å². The van der Waals surface area contributed by atoms with Crippen LogP contribution < -0.4 is 24.8 Å². The number of carboxylic acids is 1. The first kappa shape index (κ1) is 40.6. The first-order valence-corrected chi connectivity index (χ1v) is 18.5. The van der Waals surface area contributed by atoms with Gasteiger partial charge in [0.15, 0.2) is 0 Å². The van der Waals surface area contributed by atoms with Crippen molar-refractivity contribution in [3.05, 3.63) is 129 Å². The summed E-state index contributed by atoms with van der Waals surface area (Å²) in [4.78, 5) is 19.5. The minimum Gasteiger partial charge on any atom is -0.488 e. The number of alkyl halides is 2. The van der Waals surface area contributed by atoms with Crippen molar-refractivity contribution in [1.82, 2.24) is 15.6 Å². The molecule has 0 amide bonds. The average molecular weight is 796 g/mol. The predicted molar refractivity (Wildman–Crippen MR) is 212 cm³/mol. The lowest BCUT2D eigenvalue weighted by atomic mass is 9.89. The van der Waals surface area contributed by atoms with Crippen molar-refractivity contribution >= 4 is 23.4 Å². The Morgan fingerprint density at radius 3 is 2.42 bits per heavy atom. The fourth-order valence-corrected chi connectivity index (χ4v) is 6.82. The molecule has 57 heavy (non-hydrogen) atoms. The number of rotatable bonds is 17. The second kappa shape index (κ2) is 18.7. The zero-order valence-corrected chi connectivity index (χ0v) is 31.9. The van der Waals surface area contributed by atoms with E-state index in [4.69, 9.17) is 30.9 Å². The van der Waals surface area contributed by atoms with E-state index in [1.807, 2.05) is 56.3 Å². The fourth-order valence-electron chi connectivity index (χ4n) is 6.58. The maximum Gasteiger partial charge on any atom is 0.387 e. The number of ether oxygens (including phenoxy) is 3. The normalized spacial score (nSPS) is 12.8. The minimum atomic E-state index is -2.99. The summed E-state index contributed by atoms with van der Waals surface area (Å²) >= 11 is 6.74. The highest BCUT2D eigenvalue weighted by Crippen LogP contribution is 2.38. The Morgan fingerprint density at radius 1 is 0.930 bits per heavy atom. The van der Waals surface area contributed by atoms with Crippen LogP contribution >= 0.6 is 11.6 Å². The van der Waals surface area contributed by atoms with Gasteiger partial charge < -0.3 is 35.1 Å². The van der Waals surface area contributed by atoms with Crippen LogP contribution in [0.2, 0.25) is 5.02 Å². The number of aliphatic imine (C=N–C) groups is 1. The largest absolute Gasteiger partial charge is 0.488 e. The Kier molecular flexibility index (Phi) is 13.3. The molecule has 4 aromatic carbocycles. The van der Waals surface area contributed by atoms with E-state index in [2.05, 4.69) is 26.7 Å². The van der Waals surface area contributed by atoms with Crippen LogP contribution in [0.1, 0.15) is 45.4 Å². The second-order valence-electron chi connectivity index (χ2n) is 13.4. The van der Waals surface area contributed by atoms with Crippen molar-refractivity contribution in [3.8, 4) is 45.6 Å². The van der Waals surface area contributed by atoms with Crippen molar-refractivity contribution in [2.24, 2.45) is 4.99 Å². The molecule has 294 valence electrons. The Hall–Kier alpha value is -6.07. The third kappa shape index (κ3) is 10.2. The molecule has 14 heteroatoms. The van der Waals surface area contributed by atoms with Crippen LogP contribution in [0.25, 0.3) is 22.3 Å². The van der Waals surface area contributed by atoms with Crippen molar-refractivity contribution in [3.63, 3.8) is 0 Å². The molecule has 0 unspecified atom stereocenters. The van der Waals surface area contributed by atoms with Crippen molar-refractivity contribution in [2.75, 3.05) is 19.6 Å². The van der Waals surface area contributed by atoms with Crippen molar-refractivity contribution in [1.29, 1.82) is 5.26 Å². The molecule has 0 saturated heterocycles. The number of pyridine rings is 1. The maximum atomic E-state index is 13.5. The number of halogens is 3. The number of nitriles is 1. The van der Waals surface area contributed by atoms with Gasteiger partial charge in [0.25, 0.3) is 0 Å². The lowest BCUT2D eigenvalue weighted by molar-refractivity contribution is -0.139. The molecule has 11 nitrogen and oxygen atoms in total. The van der Waals surface area contributed by atoms with Gasteiger partial charge in [-0.2, -0.15) is 14.0 Å². The topological polar surface area (TPSA) is 158 Å². The molecule has 4 N–H and O–H groups in total. The lowest BCUT2D eigenvalue weighted by Crippen LogP contribution is -2.28. The molecule has 0 saturated carbocycles. The summed E-state index contributed by atoms with van der Waals surface area (Å²) < 4.78 is 44.4. The molecule has 6 rings (SSSR count). The Labute approximate surface area is 333 Å². The van der Waals surface area contributed by atoms with Crippen LogP contribution in [0.5, 0.6) is 17.2 Å². The zero-order chi connectivity index (χ0) is 40.5. The number of amidine groups is 1. The molecule has 0 fully saturated rings. The highest BCUT2D eigenvalue weighted by Gasteiger charge is 2.20. The first-order valence-electron chi connectivity index (χ1n) is 18.1. The Morgan fingerprint density at radius 2 is 1.68 bits per heavy atom. The van der Waals surface area contributed by atoms with Gasteiger partial charge in [-0.15, -0.1) is 0 Å². The number of carbonyl (C=O) groups is 1. The standard InChI is InChI=1S/C43H40ClF2N5O6/c1-25-30(5-3-7-34(25)35-8-4-6-33(26(35)2)29-9-10-36(42-50-11-12-51-42)39(15-29)57-43(45)46)24-56-40-17-38(55-23-28-13-27(18-47)19-48-20-28)31(14-37(40)44)21-49-22-32(52)16-41(53)54/h3-10,13-15,17,19-20,32,43,49,52H,11-12,16,21-24H2,1-2H3,(H,50,51)(H,53,54)/t32-/m0/s1. The van der Waals surface area contributed by atoms with E-state index in [0.717, 1.165) is 38.9 Å². The number of nitrogens with one attached hydrogen (secondary N) is 2. The van der Waals surface area contributed by atoms with E-state index >= 15 is 0 Å². The number of benzene rings is 4. The monoisotopic (exact) mass is 795 g/mol. The Balaban J connectivity index is 1.24. The third-order valence-electron chi connectivity index (χ3n) is 9.43. The molecule has 1 aliphatic rings. The number of aliphatic hydroxyl groups excluding tert-OH is 1. The van der Waals surface area contributed by atoms with E-state index in [-0.39, 0.29) is 32.1 Å². The van der Waals surface area contributed by atoms with Gasteiger partial charge in [-0.3, -0.25) is 14.8 Å². The number of aromatic nitrogens is 1. The molecular weight excluding hydrogens is 756 g/mol. The summed E-state index contributed by atoms with van der Waals surface area (Å²) in [6.45, 7) is 2.69. The molecule has 5 aromatic rings. The zero-order valence-electron chi connectivity index (χ0n) is 31.2. The molecule has 0 spiro atoms. The molecule has 0 radical (unpaired) electrons. The van der Waals surface area contributed by atoms with Crippen molar-refractivity contribution in [2.45, 2.75) is 52.7 Å². The predicted octanol–water partition coefficient (Wildman–Crippen LogP) is 7.59. The smallest absolute Gasteiger partial charge is 0.387 e. The Bertz CT molecular complexity index is 2330. The van der Waals surface area contributed by atoms with Gasteiger partial charge in [-0.1, -0.05) is 54.1 Å². The number of hydrogen-bond donors (Lipinski definition) is 4. The van der Waals surface area contributed by atoms with Gasteiger partial charge in [-0.25, -0.2) is 0 Å². The summed E-state index contributed by atoms with van der Waals surface area (Å²) in [6, 6.07) is 24.2.